The number of nitrogens with zero attached hydrogens (tertiary/aromatic N) is 2. The first-order valence-corrected chi connectivity index (χ1v) is 15.5. The molecular weight excluding hydrogens is 580 g/mol. The van der Waals surface area contributed by atoms with Crippen LogP contribution in [0.2, 0.25) is 0 Å². The molecule has 0 spiro atoms. The van der Waals surface area contributed by atoms with Gasteiger partial charge in [-0.3, -0.25) is 4.79 Å². The zero-order chi connectivity index (χ0) is 30.3. The second-order valence-corrected chi connectivity index (χ2v) is 12.1. The molecule has 1 aromatic heterocycles. The zero-order valence-electron chi connectivity index (χ0n) is 24.1. The highest BCUT2D eigenvalue weighted by atomic mass is 32.2. The van der Waals surface area contributed by atoms with Crippen molar-refractivity contribution in [1.82, 2.24) is 4.57 Å². The minimum Gasteiger partial charge on any atom is -0.493 e. The van der Waals surface area contributed by atoms with Gasteiger partial charge in [-0.2, -0.15) is 0 Å². The summed E-state index contributed by atoms with van der Waals surface area (Å²) in [6.45, 7) is 0.373. The van der Waals surface area contributed by atoms with Gasteiger partial charge in [-0.25, -0.2) is 8.42 Å². The largest absolute Gasteiger partial charge is 0.493 e. The van der Waals surface area contributed by atoms with Crippen molar-refractivity contribution < 1.29 is 46.4 Å². The average molecular weight is 613 g/mol. The van der Waals surface area contributed by atoms with Gasteiger partial charge in [0.25, 0.3) is 10.0 Å². The van der Waals surface area contributed by atoms with Crippen LogP contribution in [0.15, 0.2) is 53.2 Å². The van der Waals surface area contributed by atoms with Gasteiger partial charge < -0.3 is 37.7 Å². The molecule has 0 amide bonds. The van der Waals surface area contributed by atoms with Crippen LogP contribution in [0.5, 0.6) is 28.7 Å². The maximum Gasteiger partial charge on any atom is 0.310 e. The van der Waals surface area contributed by atoms with Crippen molar-refractivity contribution in [3.05, 3.63) is 65.5 Å². The fraction of sp³-hybridized carbons (Fsp3) is 0.400. The number of fused-ring (bicyclic) bond motifs is 3. The molecule has 1 fully saturated rings. The van der Waals surface area contributed by atoms with E-state index in [4.69, 9.17) is 33.2 Å². The fourth-order valence-corrected chi connectivity index (χ4v) is 6.77. The summed E-state index contributed by atoms with van der Waals surface area (Å²) >= 11 is 0. The zero-order valence-corrected chi connectivity index (χ0v) is 25.0. The summed E-state index contributed by atoms with van der Waals surface area (Å²) in [4.78, 5) is 13.4. The number of methoxy groups -OCH3 is 3. The molecule has 2 aromatic carbocycles. The number of hydrogen-bond donors (Lipinski definition) is 0. The van der Waals surface area contributed by atoms with E-state index in [0.717, 1.165) is 22.9 Å². The van der Waals surface area contributed by atoms with Gasteiger partial charge in [0.15, 0.2) is 23.0 Å². The first-order chi connectivity index (χ1) is 20.7. The van der Waals surface area contributed by atoms with E-state index < -0.39 is 28.0 Å². The molecule has 228 valence electrons. The molecule has 2 aliphatic heterocycles. The molecule has 6 rings (SSSR count). The van der Waals surface area contributed by atoms with Gasteiger partial charge >= 0.3 is 5.97 Å². The number of carbonyl (C=O) groups is 1. The van der Waals surface area contributed by atoms with E-state index in [2.05, 4.69) is 4.40 Å². The molecule has 4 atom stereocenters. The highest BCUT2D eigenvalue weighted by Crippen LogP contribution is 2.56. The predicted molar refractivity (Wildman–Crippen MR) is 154 cm³/mol. The molecule has 0 N–H and O–H groups in total. The number of ether oxygens (including phenoxy) is 7. The Kier molecular flexibility index (Phi) is 7.69. The second kappa shape index (κ2) is 11.5. The van der Waals surface area contributed by atoms with Crippen LogP contribution in [-0.4, -0.2) is 72.4 Å². The van der Waals surface area contributed by atoms with E-state index in [1.807, 2.05) is 24.3 Å². The molecule has 43 heavy (non-hydrogen) atoms. The molecule has 12 nitrogen and oxygen atoms in total. The number of benzene rings is 2. The minimum atomic E-state index is -3.65. The number of hydrogen-bond acceptors (Lipinski definition) is 10. The smallest absolute Gasteiger partial charge is 0.310 e. The third-order valence-corrected chi connectivity index (χ3v) is 8.50. The van der Waals surface area contributed by atoms with Gasteiger partial charge in [0.1, 0.15) is 5.84 Å². The maximum absolute atomic E-state index is 13.4. The summed E-state index contributed by atoms with van der Waals surface area (Å²) in [7, 11) is 0.966. The molecule has 3 aromatic rings. The lowest BCUT2D eigenvalue weighted by Crippen LogP contribution is -2.36. The van der Waals surface area contributed by atoms with Crippen molar-refractivity contribution in [1.29, 1.82) is 0 Å². The summed E-state index contributed by atoms with van der Waals surface area (Å²) in [6.07, 6.45) is 4.15. The van der Waals surface area contributed by atoms with E-state index in [-0.39, 0.29) is 38.3 Å². The van der Waals surface area contributed by atoms with Crippen LogP contribution < -0.4 is 23.7 Å². The molecular formula is C30H32N2O10S. The van der Waals surface area contributed by atoms with Crippen LogP contribution in [0.4, 0.5) is 0 Å². The minimum absolute atomic E-state index is 0.0791. The van der Waals surface area contributed by atoms with Crippen LogP contribution in [0.1, 0.15) is 35.1 Å². The van der Waals surface area contributed by atoms with Crippen LogP contribution in [0, 0.1) is 11.8 Å². The Labute approximate surface area is 249 Å². The molecule has 13 heteroatoms. The van der Waals surface area contributed by atoms with E-state index in [9.17, 15) is 13.2 Å². The Hall–Kier alpha value is -4.23. The maximum atomic E-state index is 13.4. The summed E-state index contributed by atoms with van der Waals surface area (Å²) in [5.41, 5.74) is 2.42. The summed E-state index contributed by atoms with van der Waals surface area (Å²) < 4.78 is 70.0. The van der Waals surface area contributed by atoms with Crippen LogP contribution in [0.3, 0.4) is 0 Å². The fourth-order valence-electron chi connectivity index (χ4n) is 6.20. The normalized spacial score (nSPS) is 22.5. The SMILES string of the molecule is COc1cc([C@@H]2c3cc4c(cc3[C@@H](OCC/C(=N\S(C)(=O)=O)n3cccc3)[C@H]3COC(=O)[C@H]23)OCO4)cc(OC)c1OC. The van der Waals surface area contributed by atoms with Gasteiger partial charge in [-0.05, 0) is 53.1 Å². The Morgan fingerprint density at radius 3 is 2.21 bits per heavy atom. The van der Waals surface area contributed by atoms with Crippen LogP contribution in [-0.2, 0) is 24.3 Å². The molecule has 0 radical (unpaired) electrons. The van der Waals surface area contributed by atoms with Gasteiger partial charge in [0.2, 0.25) is 12.5 Å². The molecule has 3 heterocycles. The van der Waals surface area contributed by atoms with Crippen molar-refractivity contribution in [3.63, 3.8) is 0 Å². The number of cyclic esters (lactones) is 1. The summed E-state index contributed by atoms with van der Waals surface area (Å²) in [5.74, 6) is 1.11. The first-order valence-electron chi connectivity index (χ1n) is 13.7. The highest BCUT2D eigenvalue weighted by molar-refractivity contribution is 7.89. The monoisotopic (exact) mass is 612 g/mol. The van der Waals surface area contributed by atoms with Crippen LogP contribution in [0.25, 0.3) is 0 Å². The van der Waals surface area contributed by atoms with Crippen molar-refractivity contribution in [3.8, 4) is 28.7 Å². The molecule has 0 bridgehead atoms. The first kappa shape index (κ1) is 28.9. The van der Waals surface area contributed by atoms with E-state index in [1.54, 1.807) is 43.3 Å². The van der Waals surface area contributed by atoms with Crippen molar-refractivity contribution in [2.45, 2.75) is 18.4 Å². The average Bonchev–Trinajstić information content (AvgIpc) is 3.76. The van der Waals surface area contributed by atoms with Crippen molar-refractivity contribution in [2.24, 2.45) is 16.2 Å². The van der Waals surface area contributed by atoms with Crippen molar-refractivity contribution in [2.75, 3.05) is 47.6 Å². The predicted octanol–water partition coefficient (Wildman–Crippen LogP) is 3.53. The third kappa shape index (κ3) is 5.38. The van der Waals surface area contributed by atoms with Gasteiger partial charge in [0.05, 0.1) is 52.8 Å². The standard InChI is InChI=1S/C30H32N2O10S/c1-36-23-11-17(12-24(37-2)29(23)38-3)26-18-13-21-22(42-16-41-21)14-19(18)28(20-15-40-30(33)27(20)26)39-10-7-25(31-43(4,34)35)32-8-5-6-9-32/h5-6,8-9,11-14,20,26-28H,7,10,15-16H2,1-4H3/b31-25+/t20-,26+,27-,28+/m0/s1. The van der Waals surface area contributed by atoms with Gasteiger partial charge in [-0.1, -0.05) is 0 Å². The molecule has 1 saturated heterocycles. The van der Waals surface area contributed by atoms with E-state index in [1.165, 1.54) is 7.11 Å². The Morgan fingerprint density at radius 2 is 1.60 bits per heavy atom. The lowest BCUT2D eigenvalue weighted by atomic mass is 9.66. The number of sulfonamides is 1. The van der Waals surface area contributed by atoms with E-state index in [0.29, 0.717) is 34.6 Å². The number of aromatic nitrogens is 1. The molecule has 0 unspecified atom stereocenters. The van der Waals surface area contributed by atoms with Gasteiger partial charge in [0, 0.05) is 30.7 Å². The summed E-state index contributed by atoms with van der Waals surface area (Å²) in [5, 5.41) is 0. The number of rotatable bonds is 9. The Bertz CT molecular complexity index is 1640. The van der Waals surface area contributed by atoms with Crippen LogP contribution >= 0.6 is 0 Å². The number of carbonyl (C=O) groups excluding carboxylic acids is 1. The van der Waals surface area contributed by atoms with E-state index >= 15 is 0 Å². The molecule has 0 saturated carbocycles. The Morgan fingerprint density at radius 1 is 0.953 bits per heavy atom. The second-order valence-electron chi connectivity index (χ2n) is 10.5. The lowest BCUT2D eigenvalue weighted by molar-refractivity contribution is -0.141. The highest BCUT2D eigenvalue weighted by Gasteiger charge is 2.53. The third-order valence-electron chi connectivity index (χ3n) is 7.96. The van der Waals surface area contributed by atoms with Gasteiger partial charge in [-0.15, -0.1) is 4.40 Å². The quantitative estimate of drug-likeness (QED) is 0.201. The number of esters is 1. The van der Waals surface area contributed by atoms with Crippen molar-refractivity contribution >= 4 is 21.8 Å². The molecule has 1 aliphatic carbocycles. The molecule has 3 aliphatic rings. The summed E-state index contributed by atoms with van der Waals surface area (Å²) in [6, 6.07) is 11.0. The topological polar surface area (TPSA) is 133 Å². The lowest BCUT2D eigenvalue weighted by Gasteiger charge is -2.39. The Balaban J connectivity index is 1.42.